The van der Waals surface area contributed by atoms with Crippen molar-refractivity contribution in [2.24, 2.45) is 0 Å². The van der Waals surface area contributed by atoms with Crippen LogP contribution >= 0.6 is 22.6 Å². The number of rotatable bonds is 3. The van der Waals surface area contributed by atoms with E-state index in [9.17, 15) is 9.59 Å². The van der Waals surface area contributed by atoms with Gasteiger partial charge in [-0.05, 0) is 12.1 Å². The first-order valence-electron chi connectivity index (χ1n) is 3.83. The summed E-state index contributed by atoms with van der Waals surface area (Å²) >= 11 is 1.91. The molecule has 0 saturated carbocycles. The summed E-state index contributed by atoms with van der Waals surface area (Å²) in [6.45, 7) is 0. The van der Waals surface area contributed by atoms with Gasteiger partial charge in [-0.2, -0.15) is 0 Å². The largest absolute Gasteiger partial charge is 0.478 e. The van der Waals surface area contributed by atoms with E-state index in [0.717, 1.165) is 0 Å². The fourth-order valence-electron chi connectivity index (χ4n) is 0.962. The molecule has 0 heterocycles. The molecular formula is C9H8INO3. The van der Waals surface area contributed by atoms with Crippen molar-refractivity contribution in [3.63, 3.8) is 0 Å². The van der Waals surface area contributed by atoms with Crippen LogP contribution in [0.25, 0.3) is 0 Å². The Balaban J connectivity index is 2.95. The van der Waals surface area contributed by atoms with Crippen molar-refractivity contribution in [1.82, 2.24) is 0 Å². The van der Waals surface area contributed by atoms with Crippen LogP contribution in [0.2, 0.25) is 0 Å². The van der Waals surface area contributed by atoms with Gasteiger partial charge in [0.2, 0.25) is 5.91 Å². The third-order valence-corrected chi connectivity index (χ3v) is 2.25. The molecule has 1 rings (SSSR count). The Labute approximate surface area is 94.5 Å². The summed E-state index contributed by atoms with van der Waals surface area (Å²) in [5.74, 6) is -1.26. The Morgan fingerprint density at radius 1 is 1.36 bits per heavy atom. The molecule has 0 radical (unpaired) electrons. The van der Waals surface area contributed by atoms with Crippen molar-refractivity contribution < 1.29 is 14.7 Å². The highest BCUT2D eigenvalue weighted by molar-refractivity contribution is 14.1. The monoisotopic (exact) mass is 305 g/mol. The minimum Gasteiger partial charge on any atom is -0.478 e. The molecule has 0 unspecified atom stereocenters. The predicted molar refractivity (Wildman–Crippen MR) is 60.9 cm³/mol. The molecule has 0 aliphatic carbocycles. The van der Waals surface area contributed by atoms with E-state index in [1.807, 2.05) is 22.6 Å². The quantitative estimate of drug-likeness (QED) is 0.660. The molecule has 1 aromatic carbocycles. The zero-order valence-electron chi connectivity index (χ0n) is 7.16. The number of carbonyl (C=O) groups is 2. The van der Waals surface area contributed by atoms with E-state index in [-0.39, 0.29) is 11.5 Å². The molecule has 0 fully saturated rings. The van der Waals surface area contributed by atoms with Gasteiger partial charge in [-0.25, -0.2) is 4.79 Å². The smallest absolute Gasteiger partial charge is 0.337 e. The molecule has 1 amide bonds. The van der Waals surface area contributed by atoms with Gasteiger partial charge in [-0.3, -0.25) is 4.79 Å². The van der Waals surface area contributed by atoms with Crippen LogP contribution in [-0.4, -0.2) is 21.4 Å². The number of carboxylic acids is 1. The number of hydrogen-bond acceptors (Lipinski definition) is 2. The third-order valence-electron chi connectivity index (χ3n) is 1.55. The van der Waals surface area contributed by atoms with Gasteiger partial charge in [-0.1, -0.05) is 34.7 Å². The summed E-state index contributed by atoms with van der Waals surface area (Å²) in [7, 11) is 0. The number of nitrogens with one attached hydrogen (secondary N) is 1. The van der Waals surface area contributed by atoms with Crippen molar-refractivity contribution in [3.05, 3.63) is 29.8 Å². The molecule has 5 heteroatoms. The minimum absolute atomic E-state index is 0.103. The van der Waals surface area contributed by atoms with E-state index in [2.05, 4.69) is 5.32 Å². The first-order valence-corrected chi connectivity index (χ1v) is 5.36. The highest BCUT2D eigenvalue weighted by atomic mass is 127. The molecular weight excluding hydrogens is 297 g/mol. The molecule has 0 atom stereocenters. The second-order valence-corrected chi connectivity index (χ2v) is 3.30. The van der Waals surface area contributed by atoms with Crippen LogP contribution in [0.5, 0.6) is 0 Å². The van der Waals surface area contributed by atoms with Crippen molar-refractivity contribution in [3.8, 4) is 0 Å². The topological polar surface area (TPSA) is 66.4 Å². The fraction of sp³-hybridized carbons (Fsp3) is 0.111. The molecule has 4 nitrogen and oxygen atoms in total. The number of hydrogen-bond donors (Lipinski definition) is 2. The lowest BCUT2D eigenvalue weighted by Crippen LogP contribution is -2.15. The Bertz CT molecular complexity index is 365. The van der Waals surface area contributed by atoms with E-state index < -0.39 is 5.97 Å². The van der Waals surface area contributed by atoms with E-state index >= 15 is 0 Å². The lowest BCUT2D eigenvalue weighted by atomic mass is 10.2. The van der Waals surface area contributed by atoms with E-state index in [0.29, 0.717) is 10.1 Å². The second-order valence-electron chi connectivity index (χ2n) is 2.53. The predicted octanol–water partition coefficient (Wildman–Crippen LogP) is 1.76. The lowest BCUT2D eigenvalue weighted by molar-refractivity contribution is -0.113. The number of anilines is 1. The minimum atomic E-state index is -1.05. The summed E-state index contributed by atoms with van der Waals surface area (Å²) in [6.07, 6.45) is 0. The van der Waals surface area contributed by atoms with Gasteiger partial charge < -0.3 is 10.4 Å². The molecule has 0 saturated heterocycles. The Kier molecular flexibility index (Phi) is 3.87. The number of amides is 1. The first kappa shape index (κ1) is 11.0. The number of para-hydroxylation sites is 1. The Morgan fingerprint density at radius 2 is 2.00 bits per heavy atom. The zero-order valence-corrected chi connectivity index (χ0v) is 9.32. The maximum Gasteiger partial charge on any atom is 0.337 e. The molecule has 0 bridgehead atoms. The van der Waals surface area contributed by atoms with Crippen LogP contribution in [0.1, 0.15) is 10.4 Å². The molecule has 0 aliphatic heterocycles. The molecule has 0 spiro atoms. The average Bonchev–Trinajstić information content (AvgIpc) is 2.18. The zero-order chi connectivity index (χ0) is 10.6. The number of carbonyl (C=O) groups excluding carboxylic acids is 1. The van der Waals surface area contributed by atoms with Crippen molar-refractivity contribution >= 4 is 40.2 Å². The third kappa shape index (κ3) is 2.69. The van der Waals surface area contributed by atoms with Crippen molar-refractivity contribution in [1.29, 1.82) is 0 Å². The van der Waals surface area contributed by atoms with E-state index in [4.69, 9.17) is 5.11 Å². The van der Waals surface area contributed by atoms with Gasteiger partial charge in [0.15, 0.2) is 0 Å². The van der Waals surface area contributed by atoms with Gasteiger partial charge in [0.25, 0.3) is 0 Å². The standard InChI is InChI=1S/C9H8INO3/c10-5-8(12)11-7-4-2-1-3-6(7)9(13)14/h1-4H,5H2,(H,11,12)(H,13,14). The first-order chi connectivity index (χ1) is 6.65. The van der Waals surface area contributed by atoms with Gasteiger partial charge in [0.1, 0.15) is 0 Å². The summed E-state index contributed by atoms with van der Waals surface area (Å²) in [5.41, 5.74) is 0.437. The Hall–Kier alpha value is -1.11. The number of carboxylic acid groups (broad SMARTS) is 1. The second kappa shape index (κ2) is 4.94. The molecule has 1 aromatic rings. The van der Waals surface area contributed by atoms with Gasteiger partial charge in [-0.15, -0.1) is 0 Å². The van der Waals surface area contributed by atoms with Crippen LogP contribution in [0.3, 0.4) is 0 Å². The highest BCUT2D eigenvalue weighted by Gasteiger charge is 2.10. The molecule has 0 aromatic heterocycles. The SMILES string of the molecule is O=C(CI)Nc1ccccc1C(=O)O. The summed E-state index contributed by atoms with van der Waals surface area (Å²) in [6, 6.07) is 6.30. The van der Waals surface area contributed by atoms with Crippen molar-refractivity contribution in [2.45, 2.75) is 0 Å². The number of halogens is 1. The summed E-state index contributed by atoms with van der Waals surface area (Å²) < 4.78 is 0.297. The normalized spacial score (nSPS) is 9.50. The molecule has 0 aliphatic rings. The van der Waals surface area contributed by atoms with Crippen LogP contribution in [0.15, 0.2) is 24.3 Å². The number of alkyl halides is 1. The van der Waals surface area contributed by atoms with Gasteiger partial charge in [0, 0.05) is 0 Å². The number of aromatic carboxylic acids is 1. The van der Waals surface area contributed by atoms with Gasteiger partial charge in [0.05, 0.1) is 15.7 Å². The fourth-order valence-corrected chi connectivity index (χ4v) is 1.15. The molecule has 14 heavy (non-hydrogen) atoms. The molecule has 2 N–H and O–H groups in total. The van der Waals surface area contributed by atoms with Crippen LogP contribution in [-0.2, 0) is 4.79 Å². The van der Waals surface area contributed by atoms with Crippen LogP contribution in [0, 0.1) is 0 Å². The number of benzene rings is 1. The highest BCUT2D eigenvalue weighted by Crippen LogP contribution is 2.14. The lowest BCUT2D eigenvalue weighted by Gasteiger charge is -2.05. The maximum absolute atomic E-state index is 11.0. The molecule has 74 valence electrons. The van der Waals surface area contributed by atoms with Crippen molar-refractivity contribution in [2.75, 3.05) is 9.74 Å². The van der Waals surface area contributed by atoms with E-state index in [1.54, 1.807) is 18.2 Å². The van der Waals surface area contributed by atoms with Crippen LogP contribution in [0.4, 0.5) is 5.69 Å². The maximum atomic E-state index is 11.0. The van der Waals surface area contributed by atoms with E-state index in [1.165, 1.54) is 6.07 Å². The Morgan fingerprint density at radius 3 is 2.57 bits per heavy atom. The van der Waals surface area contributed by atoms with Crippen LogP contribution < -0.4 is 5.32 Å². The summed E-state index contributed by atoms with van der Waals surface area (Å²) in [4.78, 5) is 21.8. The van der Waals surface area contributed by atoms with Gasteiger partial charge >= 0.3 is 5.97 Å². The summed E-state index contributed by atoms with van der Waals surface area (Å²) in [5, 5.41) is 11.3. The average molecular weight is 305 g/mol.